The van der Waals surface area contributed by atoms with E-state index < -0.39 is 0 Å². The fourth-order valence-corrected chi connectivity index (χ4v) is 2.43. The average Bonchev–Trinajstić information content (AvgIpc) is 2.57. The zero-order valence-electron chi connectivity index (χ0n) is 11.9. The van der Waals surface area contributed by atoms with Crippen LogP contribution in [0.2, 0.25) is 10.0 Å². The van der Waals surface area contributed by atoms with Crippen LogP contribution in [0.25, 0.3) is 10.9 Å². The molecule has 0 aliphatic heterocycles. The molecule has 0 saturated heterocycles. The number of nitrogens with zero attached hydrogens (tertiary/aromatic N) is 1. The number of rotatable bonds is 4. The van der Waals surface area contributed by atoms with Gasteiger partial charge in [-0.3, -0.25) is 9.78 Å². The summed E-state index contributed by atoms with van der Waals surface area (Å²) in [5, 5.41) is 4.30. The van der Waals surface area contributed by atoms with Crippen LogP contribution in [0.5, 0.6) is 5.75 Å². The lowest BCUT2D eigenvalue weighted by Gasteiger charge is -2.10. The van der Waals surface area contributed by atoms with Crippen LogP contribution < -0.4 is 10.1 Å². The summed E-state index contributed by atoms with van der Waals surface area (Å²) >= 11 is 11.9. The largest absolute Gasteiger partial charge is 0.484 e. The molecule has 0 radical (unpaired) electrons. The van der Waals surface area contributed by atoms with Crippen LogP contribution in [0.15, 0.2) is 54.7 Å². The molecule has 0 atom stereocenters. The molecule has 1 aromatic heterocycles. The van der Waals surface area contributed by atoms with E-state index in [1.54, 1.807) is 30.5 Å². The van der Waals surface area contributed by atoms with Crippen LogP contribution in [0, 0.1) is 0 Å². The van der Waals surface area contributed by atoms with Gasteiger partial charge in [-0.1, -0.05) is 35.3 Å². The number of hydrogen-bond acceptors (Lipinski definition) is 3. The predicted octanol–water partition coefficient (Wildman–Crippen LogP) is 4.56. The molecule has 3 rings (SSSR count). The second-order valence-electron chi connectivity index (χ2n) is 4.80. The van der Waals surface area contributed by atoms with E-state index in [2.05, 4.69) is 10.3 Å². The number of carbonyl (C=O) groups is 1. The smallest absolute Gasteiger partial charge is 0.262 e. The van der Waals surface area contributed by atoms with Crippen LogP contribution >= 0.6 is 23.2 Å². The Hall–Kier alpha value is -2.30. The van der Waals surface area contributed by atoms with Gasteiger partial charge in [-0.25, -0.2) is 0 Å². The standard InChI is InChI=1S/C17H12Cl2N2O2/c18-13-4-1-5-15(17(13)19)21-16(22)10-23-12-6-7-14-11(9-12)3-2-8-20-14/h1-9H,10H2,(H,21,22). The van der Waals surface area contributed by atoms with Gasteiger partial charge < -0.3 is 10.1 Å². The van der Waals surface area contributed by atoms with Crippen molar-refractivity contribution in [2.24, 2.45) is 0 Å². The summed E-state index contributed by atoms with van der Waals surface area (Å²) in [7, 11) is 0. The van der Waals surface area contributed by atoms with Crippen molar-refractivity contribution in [1.29, 1.82) is 0 Å². The monoisotopic (exact) mass is 346 g/mol. The maximum atomic E-state index is 12.0. The van der Waals surface area contributed by atoms with Gasteiger partial charge >= 0.3 is 0 Å². The minimum Gasteiger partial charge on any atom is -0.484 e. The Morgan fingerprint density at radius 1 is 1.13 bits per heavy atom. The number of hydrogen-bond donors (Lipinski definition) is 1. The Balaban J connectivity index is 1.65. The summed E-state index contributed by atoms with van der Waals surface area (Å²) < 4.78 is 5.50. The Bertz CT molecular complexity index is 868. The fraction of sp³-hybridized carbons (Fsp3) is 0.0588. The zero-order chi connectivity index (χ0) is 16.2. The quantitative estimate of drug-likeness (QED) is 0.753. The van der Waals surface area contributed by atoms with Gasteiger partial charge in [0.1, 0.15) is 5.75 Å². The molecular weight excluding hydrogens is 335 g/mol. The van der Waals surface area contributed by atoms with Crippen LogP contribution in [0.4, 0.5) is 5.69 Å². The molecule has 1 heterocycles. The molecular formula is C17H12Cl2N2O2. The van der Waals surface area contributed by atoms with E-state index in [1.807, 2.05) is 24.3 Å². The van der Waals surface area contributed by atoms with Gasteiger partial charge in [-0.15, -0.1) is 0 Å². The van der Waals surface area contributed by atoms with Crippen molar-refractivity contribution in [3.05, 3.63) is 64.8 Å². The molecule has 6 heteroatoms. The lowest BCUT2D eigenvalue weighted by Crippen LogP contribution is -2.20. The Kier molecular flexibility index (Phi) is 4.65. The topological polar surface area (TPSA) is 51.2 Å². The molecule has 0 spiro atoms. The summed E-state index contributed by atoms with van der Waals surface area (Å²) in [5.74, 6) is 0.276. The first kappa shape index (κ1) is 15.6. The minimum absolute atomic E-state index is 0.130. The molecule has 0 saturated carbocycles. The highest BCUT2D eigenvalue weighted by Crippen LogP contribution is 2.29. The van der Waals surface area contributed by atoms with Gasteiger partial charge in [0.25, 0.3) is 5.91 Å². The maximum Gasteiger partial charge on any atom is 0.262 e. The molecule has 1 N–H and O–H groups in total. The lowest BCUT2D eigenvalue weighted by atomic mass is 10.2. The van der Waals surface area contributed by atoms with E-state index in [9.17, 15) is 4.79 Å². The number of anilines is 1. The molecule has 0 aliphatic rings. The molecule has 0 unspecified atom stereocenters. The van der Waals surface area contributed by atoms with E-state index in [1.165, 1.54) is 0 Å². The normalized spacial score (nSPS) is 10.5. The number of pyridine rings is 1. The maximum absolute atomic E-state index is 12.0. The third-order valence-electron chi connectivity index (χ3n) is 3.17. The molecule has 2 aromatic carbocycles. The molecule has 23 heavy (non-hydrogen) atoms. The van der Waals surface area contributed by atoms with Crippen molar-refractivity contribution in [2.75, 3.05) is 11.9 Å². The van der Waals surface area contributed by atoms with E-state index in [0.717, 1.165) is 10.9 Å². The second-order valence-corrected chi connectivity index (χ2v) is 5.58. The van der Waals surface area contributed by atoms with Gasteiger partial charge in [0.15, 0.2) is 6.61 Å². The van der Waals surface area contributed by atoms with Crippen molar-refractivity contribution >= 4 is 45.7 Å². The number of halogens is 2. The molecule has 1 amide bonds. The van der Waals surface area contributed by atoms with Crippen molar-refractivity contribution in [1.82, 2.24) is 4.98 Å². The lowest BCUT2D eigenvalue weighted by molar-refractivity contribution is -0.118. The molecule has 4 nitrogen and oxygen atoms in total. The number of benzene rings is 2. The van der Waals surface area contributed by atoms with Gasteiger partial charge in [0.2, 0.25) is 0 Å². The Labute approximate surface area is 143 Å². The second kappa shape index (κ2) is 6.86. The number of nitrogens with one attached hydrogen (secondary N) is 1. The summed E-state index contributed by atoms with van der Waals surface area (Å²) in [6.07, 6.45) is 1.73. The fourth-order valence-electron chi connectivity index (χ4n) is 2.08. The van der Waals surface area contributed by atoms with Crippen LogP contribution in [0.3, 0.4) is 0 Å². The summed E-state index contributed by atoms with van der Waals surface area (Å²) in [6.45, 7) is -0.130. The first-order valence-electron chi connectivity index (χ1n) is 6.85. The van der Waals surface area contributed by atoms with Crippen LogP contribution in [0.1, 0.15) is 0 Å². The molecule has 0 fully saturated rings. The molecule has 0 aliphatic carbocycles. The molecule has 0 bridgehead atoms. The average molecular weight is 347 g/mol. The first-order chi connectivity index (χ1) is 11.1. The van der Waals surface area contributed by atoms with Crippen molar-refractivity contribution in [3.63, 3.8) is 0 Å². The van der Waals surface area contributed by atoms with Crippen molar-refractivity contribution in [2.45, 2.75) is 0 Å². The first-order valence-corrected chi connectivity index (χ1v) is 7.60. The van der Waals surface area contributed by atoms with Crippen molar-refractivity contribution in [3.8, 4) is 5.75 Å². The van der Waals surface area contributed by atoms with E-state index >= 15 is 0 Å². The Morgan fingerprint density at radius 3 is 2.87 bits per heavy atom. The van der Waals surface area contributed by atoms with Gasteiger partial charge in [0.05, 0.1) is 21.2 Å². The Morgan fingerprint density at radius 2 is 2.00 bits per heavy atom. The third kappa shape index (κ3) is 3.73. The summed E-state index contributed by atoms with van der Waals surface area (Å²) in [4.78, 5) is 16.2. The predicted molar refractivity (Wildman–Crippen MR) is 92.3 cm³/mol. The van der Waals surface area contributed by atoms with Crippen molar-refractivity contribution < 1.29 is 9.53 Å². The zero-order valence-corrected chi connectivity index (χ0v) is 13.4. The number of carbonyl (C=O) groups excluding carboxylic acids is 1. The highest BCUT2D eigenvalue weighted by Gasteiger charge is 2.09. The summed E-state index contributed by atoms with van der Waals surface area (Å²) in [5.41, 5.74) is 1.32. The highest BCUT2D eigenvalue weighted by molar-refractivity contribution is 6.43. The third-order valence-corrected chi connectivity index (χ3v) is 3.99. The van der Waals surface area contributed by atoms with E-state index in [4.69, 9.17) is 27.9 Å². The number of fused-ring (bicyclic) bond motifs is 1. The van der Waals surface area contributed by atoms with Crippen LogP contribution in [-0.2, 0) is 4.79 Å². The van der Waals surface area contributed by atoms with Gasteiger partial charge in [0, 0.05) is 11.6 Å². The number of amides is 1. The van der Waals surface area contributed by atoms with Gasteiger partial charge in [-0.05, 0) is 36.4 Å². The van der Waals surface area contributed by atoms with E-state index in [0.29, 0.717) is 21.5 Å². The SMILES string of the molecule is O=C(COc1ccc2ncccc2c1)Nc1cccc(Cl)c1Cl. The van der Waals surface area contributed by atoms with Crippen LogP contribution in [-0.4, -0.2) is 17.5 Å². The minimum atomic E-state index is -0.319. The molecule has 116 valence electrons. The van der Waals surface area contributed by atoms with E-state index in [-0.39, 0.29) is 12.5 Å². The van der Waals surface area contributed by atoms with Gasteiger partial charge in [-0.2, -0.15) is 0 Å². The summed E-state index contributed by atoms with van der Waals surface area (Å²) in [6, 6.07) is 14.3. The molecule has 3 aromatic rings. The number of aromatic nitrogens is 1. The highest BCUT2D eigenvalue weighted by atomic mass is 35.5. The number of ether oxygens (including phenoxy) is 1.